The lowest BCUT2D eigenvalue weighted by Gasteiger charge is -2.31. The second-order valence-electron chi connectivity index (χ2n) is 6.25. The first-order valence-corrected chi connectivity index (χ1v) is 8.80. The second kappa shape index (κ2) is 7.97. The molecule has 25 heavy (non-hydrogen) atoms. The highest BCUT2D eigenvalue weighted by molar-refractivity contribution is 5.98. The zero-order valence-corrected chi connectivity index (χ0v) is 14.5. The molecular formula is C21H23NO3. The van der Waals surface area contributed by atoms with Crippen molar-refractivity contribution in [2.24, 2.45) is 5.92 Å². The maximum atomic E-state index is 12.6. The fraction of sp³-hybridized carbons (Fsp3) is 0.333. The second-order valence-corrected chi connectivity index (χ2v) is 6.25. The first-order valence-electron chi connectivity index (χ1n) is 8.80. The Kier molecular flexibility index (Phi) is 5.49. The van der Waals surface area contributed by atoms with E-state index in [2.05, 4.69) is 0 Å². The molecule has 130 valence electrons. The maximum Gasteiger partial charge on any atom is 0.253 e. The molecule has 1 saturated heterocycles. The number of rotatable bonds is 5. The van der Waals surface area contributed by atoms with Gasteiger partial charge in [-0.1, -0.05) is 30.3 Å². The molecule has 0 unspecified atom stereocenters. The third-order valence-corrected chi connectivity index (χ3v) is 4.62. The number of benzene rings is 2. The number of hydrogen-bond acceptors (Lipinski definition) is 3. The van der Waals surface area contributed by atoms with E-state index in [0.717, 1.165) is 24.2 Å². The number of hydrogen-bond donors (Lipinski definition) is 0. The standard InChI is InChI=1S/C21H23NO3/c1-2-25-19-10-8-18(9-11-19)21(24)22-14-12-17(13-15-22)20(23)16-6-4-3-5-7-16/h3-11,17H,2,12-15H2,1H3. The van der Waals surface area contributed by atoms with Crippen molar-refractivity contribution in [1.82, 2.24) is 4.90 Å². The van der Waals surface area contributed by atoms with Gasteiger partial charge < -0.3 is 9.64 Å². The molecule has 0 spiro atoms. The molecule has 4 heteroatoms. The van der Waals surface area contributed by atoms with E-state index >= 15 is 0 Å². The number of nitrogens with zero attached hydrogens (tertiary/aromatic N) is 1. The molecule has 3 rings (SSSR count). The van der Waals surface area contributed by atoms with Crippen molar-refractivity contribution in [3.63, 3.8) is 0 Å². The van der Waals surface area contributed by atoms with Crippen molar-refractivity contribution in [3.8, 4) is 5.75 Å². The van der Waals surface area contributed by atoms with E-state index in [1.807, 2.05) is 54.3 Å². The molecule has 1 aliphatic heterocycles. The van der Waals surface area contributed by atoms with Gasteiger partial charge in [-0.05, 0) is 44.0 Å². The fourth-order valence-corrected chi connectivity index (χ4v) is 3.23. The number of carbonyl (C=O) groups excluding carboxylic acids is 2. The van der Waals surface area contributed by atoms with Crippen LogP contribution in [0.1, 0.15) is 40.5 Å². The number of ketones is 1. The fourth-order valence-electron chi connectivity index (χ4n) is 3.23. The molecule has 0 saturated carbocycles. The number of amides is 1. The number of Topliss-reactive ketones (excluding diaryl/α,β-unsaturated/α-hetero) is 1. The molecule has 0 radical (unpaired) electrons. The number of carbonyl (C=O) groups is 2. The van der Waals surface area contributed by atoms with E-state index in [1.165, 1.54) is 0 Å². The minimum atomic E-state index is 0.00628. The van der Waals surface area contributed by atoms with Crippen LogP contribution in [0.4, 0.5) is 0 Å². The third-order valence-electron chi connectivity index (χ3n) is 4.62. The van der Waals surface area contributed by atoms with Crippen molar-refractivity contribution in [3.05, 3.63) is 65.7 Å². The molecule has 1 amide bonds. The van der Waals surface area contributed by atoms with Crippen LogP contribution in [-0.2, 0) is 0 Å². The average molecular weight is 337 g/mol. The lowest BCUT2D eigenvalue weighted by atomic mass is 9.88. The molecule has 2 aromatic carbocycles. The van der Waals surface area contributed by atoms with Gasteiger partial charge in [0.15, 0.2) is 5.78 Å². The monoisotopic (exact) mass is 337 g/mol. The Morgan fingerprint density at radius 1 is 0.960 bits per heavy atom. The Hall–Kier alpha value is -2.62. The predicted molar refractivity (Wildman–Crippen MR) is 97.0 cm³/mol. The van der Waals surface area contributed by atoms with Gasteiger partial charge in [0.05, 0.1) is 6.61 Å². The summed E-state index contributed by atoms with van der Waals surface area (Å²) < 4.78 is 5.41. The molecular weight excluding hydrogens is 314 g/mol. The van der Waals surface area contributed by atoms with Crippen LogP contribution in [0.2, 0.25) is 0 Å². The summed E-state index contributed by atoms with van der Waals surface area (Å²) >= 11 is 0. The highest BCUT2D eigenvalue weighted by Gasteiger charge is 2.28. The summed E-state index contributed by atoms with van der Waals surface area (Å²) in [5, 5.41) is 0. The minimum absolute atomic E-state index is 0.00628. The van der Waals surface area contributed by atoms with Gasteiger partial charge in [-0.15, -0.1) is 0 Å². The zero-order valence-electron chi connectivity index (χ0n) is 14.5. The van der Waals surface area contributed by atoms with E-state index in [-0.39, 0.29) is 17.6 Å². The van der Waals surface area contributed by atoms with Gasteiger partial charge >= 0.3 is 0 Å². The number of likely N-dealkylation sites (tertiary alicyclic amines) is 1. The highest BCUT2D eigenvalue weighted by Crippen LogP contribution is 2.23. The Morgan fingerprint density at radius 2 is 1.60 bits per heavy atom. The summed E-state index contributed by atoms with van der Waals surface area (Å²) in [7, 11) is 0. The first kappa shape index (κ1) is 17.2. The lowest BCUT2D eigenvalue weighted by Crippen LogP contribution is -2.40. The number of ether oxygens (including phenoxy) is 1. The van der Waals surface area contributed by atoms with Gasteiger partial charge in [-0.25, -0.2) is 0 Å². The van der Waals surface area contributed by atoms with Crippen LogP contribution in [0, 0.1) is 5.92 Å². The van der Waals surface area contributed by atoms with Gasteiger partial charge in [0.25, 0.3) is 5.91 Å². The summed E-state index contributed by atoms with van der Waals surface area (Å²) in [4.78, 5) is 27.0. The summed E-state index contributed by atoms with van der Waals surface area (Å²) in [5.74, 6) is 0.987. The zero-order chi connectivity index (χ0) is 17.6. The summed E-state index contributed by atoms with van der Waals surface area (Å²) in [6.45, 7) is 3.78. The Labute approximate surface area is 148 Å². The molecule has 0 aliphatic carbocycles. The largest absolute Gasteiger partial charge is 0.494 e. The SMILES string of the molecule is CCOc1ccc(C(=O)N2CCC(C(=O)c3ccccc3)CC2)cc1. The van der Waals surface area contributed by atoms with Crippen molar-refractivity contribution >= 4 is 11.7 Å². The molecule has 4 nitrogen and oxygen atoms in total. The Morgan fingerprint density at radius 3 is 2.20 bits per heavy atom. The third kappa shape index (κ3) is 4.08. The van der Waals surface area contributed by atoms with Gasteiger partial charge in [-0.2, -0.15) is 0 Å². The predicted octanol–water partition coefficient (Wildman–Crippen LogP) is 3.82. The van der Waals surface area contributed by atoms with Crippen LogP contribution >= 0.6 is 0 Å². The van der Waals surface area contributed by atoms with E-state index in [0.29, 0.717) is 25.3 Å². The quantitative estimate of drug-likeness (QED) is 0.779. The molecule has 0 N–H and O–H groups in total. The summed E-state index contributed by atoms with van der Waals surface area (Å²) in [6, 6.07) is 16.7. The maximum absolute atomic E-state index is 12.6. The minimum Gasteiger partial charge on any atom is -0.494 e. The van der Waals surface area contributed by atoms with Crippen LogP contribution in [0.5, 0.6) is 5.75 Å². The Bertz CT molecular complexity index is 717. The first-order chi connectivity index (χ1) is 12.2. The summed E-state index contributed by atoms with van der Waals surface area (Å²) in [6.07, 6.45) is 1.44. The van der Waals surface area contributed by atoms with Gasteiger partial charge in [0, 0.05) is 30.1 Å². The van der Waals surface area contributed by atoms with E-state index < -0.39 is 0 Å². The number of piperidine rings is 1. The lowest BCUT2D eigenvalue weighted by molar-refractivity contribution is 0.0650. The van der Waals surface area contributed by atoms with Gasteiger partial charge in [-0.3, -0.25) is 9.59 Å². The molecule has 1 heterocycles. The van der Waals surface area contributed by atoms with Crippen LogP contribution in [0.15, 0.2) is 54.6 Å². The topological polar surface area (TPSA) is 46.6 Å². The highest BCUT2D eigenvalue weighted by atomic mass is 16.5. The molecule has 1 aliphatic rings. The van der Waals surface area contributed by atoms with Crippen molar-refractivity contribution in [1.29, 1.82) is 0 Å². The normalized spacial score (nSPS) is 15.0. The smallest absolute Gasteiger partial charge is 0.253 e. The van der Waals surface area contributed by atoms with E-state index in [9.17, 15) is 9.59 Å². The molecule has 2 aromatic rings. The summed E-state index contributed by atoms with van der Waals surface area (Å²) in [5.41, 5.74) is 1.43. The molecule has 0 bridgehead atoms. The molecule has 0 atom stereocenters. The Balaban J connectivity index is 1.58. The van der Waals surface area contributed by atoms with Crippen LogP contribution < -0.4 is 4.74 Å². The molecule has 1 fully saturated rings. The van der Waals surface area contributed by atoms with E-state index in [4.69, 9.17) is 4.74 Å². The van der Waals surface area contributed by atoms with Crippen LogP contribution in [0.3, 0.4) is 0 Å². The van der Waals surface area contributed by atoms with Crippen molar-refractivity contribution in [2.75, 3.05) is 19.7 Å². The van der Waals surface area contributed by atoms with Gasteiger partial charge in [0.1, 0.15) is 5.75 Å². The van der Waals surface area contributed by atoms with Crippen LogP contribution in [-0.4, -0.2) is 36.3 Å². The van der Waals surface area contributed by atoms with Gasteiger partial charge in [0.2, 0.25) is 0 Å². The van der Waals surface area contributed by atoms with E-state index in [1.54, 1.807) is 12.1 Å². The van der Waals surface area contributed by atoms with Crippen LogP contribution in [0.25, 0.3) is 0 Å². The molecule has 0 aromatic heterocycles. The van der Waals surface area contributed by atoms with Crippen molar-refractivity contribution < 1.29 is 14.3 Å². The van der Waals surface area contributed by atoms with Crippen molar-refractivity contribution in [2.45, 2.75) is 19.8 Å². The average Bonchev–Trinajstić information content (AvgIpc) is 2.68.